The van der Waals surface area contributed by atoms with Gasteiger partial charge in [-0.05, 0) is 37.6 Å². The van der Waals surface area contributed by atoms with Gasteiger partial charge < -0.3 is 9.84 Å². The molecule has 0 bridgehead atoms. The molecule has 2 aromatic rings. The average molecular weight is 283 g/mol. The van der Waals surface area contributed by atoms with Crippen LogP contribution in [0.3, 0.4) is 0 Å². The van der Waals surface area contributed by atoms with Crippen molar-refractivity contribution in [3.8, 4) is 5.75 Å². The summed E-state index contributed by atoms with van der Waals surface area (Å²) in [6, 6.07) is 7.36. The molecular formula is C14H15ClO2S. The fourth-order valence-corrected chi connectivity index (χ4v) is 3.19. The van der Waals surface area contributed by atoms with Crippen LogP contribution >= 0.6 is 22.9 Å². The Labute approximate surface area is 116 Å². The van der Waals surface area contributed by atoms with Gasteiger partial charge in [-0.3, -0.25) is 0 Å². The molecule has 4 heteroatoms. The van der Waals surface area contributed by atoms with E-state index >= 15 is 0 Å². The summed E-state index contributed by atoms with van der Waals surface area (Å²) < 4.78 is 5.28. The number of aryl methyl sites for hydroxylation is 2. The number of aliphatic hydroxyl groups is 1. The third kappa shape index (κ3) is 2.53. The van der Waals surface area contributed by atoms with Gasteiger partial charge in [0.15, 0.2) is 0 Å². The van der Waals surface area contributed by atoms with Crippen molar-refractivity contribution in [2.45, 2.75) is 20.0 Å². The molecule has 0 aliphatic rings. The van der Waals surface area contributed by atoms with Crippen LogP contribution in [-0.4, -0.2) is 12.2 Å². The van der Waals surface area contributed by atoms with E-state index in [-0.39, 0.29) is 0 Å². The summed E-state index contributed by atoms with van der Waals surface area (Å²) in [5.74, 6) is 0.612. The zero-order chi connectivity index (χ0) is 13.3. The molecule has 1 aromatic carbocycles. The largest absolute Gasteiger partial charge is 0.496 e. The zero-order valence-electron chi connectivity index (χ0n) is 10.5. The topological polar surface area (TPSA) is 29.5 Å². The number of benzene rings is 1. The molecule has 96 valence electrons. The van der Waals surface area contributed by atoms with Crippen molar-refractivity contribution < 1.29 is 9.84 Å². The number of thiophene rings is 1. The Morgan fingerprint density at radius 2 is 2.00 bits per heavy atom. The van der Waals surface area contributed by atoms with Crippen LogP contribution in [0.4, 0.5) is 0 Å². The number of hydrogen-bond acceptors (Lipinski definition) is 3. The van der Waals surface area contributed by atoms with Crippen LogP contribution < -0.4 is 4.74 Å². The van der Waals surface area contributed by atoms with Gasteiger partial charge in [0, 0.05) is 20.3 Å². The number of aliphatic hydroxyl groups excluding tert-OH is 1. The Morgan fingerprint density at radius 3 is 2.56 bits per heavy atom. The molecule has 18 heavy (non-hydrogen) atoms. The minimum atomic E-state index is -0.670. The number of rotatable bonds is 3. The third-order valence-electron chi connectivity index (χ3n) is 2.82. The molecule has 1 atom stereocenters. The van der Waals surface area contributed by atoms with Gasteiger partial charge in [-0.25, -0.2) is 0 Å². The monoisotopic (exact) mass is 282 g/mol. The molecule has 1 aromatic heterocycles. The van der Waals surface area contributed by atoms with Crippen LogP contribution in [0.1, 0.15) is 27.0 Å². The van der Waals surface area contributed by atoms with Crippen LogP contribution in [0, 0.1) is 13.8 Å². The van der Waals surface area contributed by atoms with Crippen molar-refractivity contribution in [2.75, 3.05) is 7.11 Å². The molecule has 1 unspecified atom stereocenters. The summed E-state index contributed by atoms with van der Waals surface area (Å²) in [5, 5.41) is 11.1. The van der Waals surface area contributed by atoms with E-state index in [0.29, 0.717) is 10.8 Å². The Balaban J connectivity index is 2.45. The van der Waals surface area contributed by atoms with Gasteiger partial charge in [0.05, 0.1) is 7.11 Å². The molecule has 1 N–H and O–H groups in total. The molecule has 0 saturated heterocycles. The SMILES string of the molecule is COc1cc(Cl)ccc1C(O)c1sc(C)cc1C. The first-order valence-electron chi connectivity index (χ1n) is 5.61. The Morgan fingerprint density at radius 1 is 1.28 bits per heavy atom. The van der Waals surface area contributed by atoms with Gasteiger partial charge in [-0.15, -0.1) is 11.3 Å². The molecule has 0 fully saturated rings. The van der Waals surface area contributed by atoms with E-state index in [1.165, 1.54) is 4.88 Å². The molecule has 0 aliphatic heterocycles. The van der Waals surface area contributed by atoms with Gasteiger partial charge in [-0.1, -0.05) is 17.7 Å². The van der Waals surface area contributed by atoms with Crippen LogP contribution in [0.5, 0.6) is 5.75 Å². The fourth-order valence-electron chi connectivity index (χ4n) is 1.98. The normalized spacial score (nSPS) is 12.5. The summed E-state index contributed by atoms with van der Waals surface area (Å²) in [6.45, 7) is 4.04. The third-order valence-corrected chi connectivity index (χ3v) is 4.26. The van der Waals surface area contributed by atoms with Crippen LogP contribution in [0.2, 0.25) is 5.02 Å². The second kappa shape index (κ2) is 5.31. The van der Waals surface area contributed by atoms with E-state index in [1.54, 1.807) is 36.6 Å². The van der Waals surface area contributed by atoms with E-state index in [2.05, 4.69) is 6.07 Å². The number of ether oxygens (including phenoxy) is 1. The number of methoxy groups -OCH3 is 1. The molecular weight excluding hydrogens is 268 g/mol. The minimum Gasteiger partial charge on any atom is -0.496 e. The highest BCUT2D eigenvalue weighted by atomic mass is 35.5. The highest BCUT2D eigenvalue weighted by molar-refractivity contribution is 7.12. The summed E-state index contributed by atoms with van der Waals surface area (Å²) in [4.78, 5) is 2.14. The maximum absolute atomic E-state index is 10.5. The summed E-state index contributed by atoms with van der Waals surface area (Å²) in [6.07, 6.45) is -0.670. The van der Waals surface area contributed by atoms with Crippen molar-refractivity contribution in [2.24, 2.45) is 0 Å². The molecule has 2 nitrogen and oxygen atoms in total. The molecule has 2 rings (SSSR count). The lowest BCUT2D eigenvalue weighted by Gasteiger charge is -2.14. The predicted molar refractivity (Wildman–Crippen MR) is 75.9 cm³/mol. The van der Waals surface area contributed by atoms with Gasteiger partial charge in [0.25, 0.3) is 0 Å². The molecule has 0 radical (unpaired) electrons. The lowest BCUT2D eigenvalue weighted by atomic mass is 10.0. The first-order valence-corrected chi connectivity index (χ1v) is 6.80. The van der Waals surface area contributed by atoms with Gasteiger partial charge >= 0.3 is 0 Å². The van der Waals surface area contributed by atoms with Crippen LogP contribution in [0.15, 0.2) is 24.3 Å². The summed E-state index contributed by atoms with van der Waals surface area (Å²) in [5.41, 5.74) is 1.84. The molecule has 0 saturated carbocycles. The maximum Gasteiger partial charge on any atom is 0.126 e. The predicted octanol–water partition coefficient (Wildman–Crippen LogP) is 4.11. The lowest BCUT2D eigenvalue weighted by Crippen LogP contribution is -2.01. The molecule has 1 heterocycles. The van der Waals surface area contributed by atoms with Crippen molar-refractivity contribution in [1.82, 2.24) is 0 Å². The Hall–Kier alpha value is -1.03. The molecule has 0 amide bonds. The fraction of sp³-hybridized carbons (Fsp3) is 0.286. The molecule has 0 spiro atoms. The van der Waals surface area contributed by atoms with E-state index < -0.39 is 6.10 Å². The summed E-state index contributed by atoms with van der Waals surface area (Å²) in [7, 11) is 1.58. The van der Waals surface area contributed by atoms with E-state index in [9.17, 15) is 5.11 Å². The smallest absolute Gasteiger partial charge is 0.126 e. The Kier molecular flexibility index (Phi) is 3.95. The molecule has 0 aliphatic carbocycles. The van der Waals surface area contributed by atoms with Crippen molar-refractivity contribution >= 4 is 22.9 Å². The Bertz CT molecular complexity index is 563. The first-order chi connectivity index (χ1) is 8.52. The van der Waals surface area contributed by atoms with Gasteiger partial charge in [-0.2, -0.15) is 0 Å². The van der Waals surface area contributed by atoms with Crippen molar-refractivity contribution in [1.29, 1.82) is 0 Å². The average Bonchev–Trinajstić information content (AvgIpc) is 2.67. The van der Waals surface area contributed by atoms with Crippen molar-refractivity contribution in [3.05, 3.63) is 50.2 Å². The maximum atomic E-state index is 10.5. The zero-order valence-corrected chi connectivity index (χ0v) is 12.1. The highest BCUT2D eigenvalue weighted by Gasteiger charge is 2.19. The first kappa shape index (κ1) is 13.4. The number of halogens is 1. The van der Waals surface area contributed by atoms with Crippen LogP contribution in [0.25, 0.3) is 0 Å². The van der Waals surface area contributed by atoms with Gasteiger partial charge in [0.1, 0.15) is 11.9 Å². The highest BCUT2D eigenvalue weighted by Crippen LogP contribution is 2.36. The van der Waals surface area contributed by atoms with Crippen LogP contribution in [-0.2, 0) is 0 Å². The minimum absolute atomic E-state index is 0.599. The van der Waals surface area contributed by atoms with E-state index in [4.69, 9.17) is 16.3 Å². The second-order valence-electron chi connectivity index (χ2n) is 4.19. The number of hydrogen-bond donors (Lipinski definition) is 1. The standard InChI is InChI=1S/C14H15ClO2S/c1-8-6-9(2)18-14(8)13(16)11-5-4-10(15)7-12(11)17-3/h4-7,13,16H,1-3H3. The van der Waals surface area contributed by atoms with E-state index in [1.807, 2.05) is 13.8 Å². The second-order valence-corrected chi connectivity index (χ2v) is 5.92. The van der Waals surface area contributed by atoms with Crippen molar-refractivity contribution in [3.63, 3.8) is 0 Å². The summed E-state index contributed by atoms with van der Waals surface area (Å²) >= 11 is 7.52. The quantitative estimate of drug-likeness (QED) is 0.918. The van der Waals surface area contributed by atoms with Gasteiger partial charge in [0.2, 0.25) is 0 Å². The lowest BCUT2D eigenvalue weighted by molar-refractivity contribution is 0.218. The van der Waals surface area contributed by atoms with E-state index in [0.717, 1.165) is 16.0 Å².